The van der Waals surface area contributed by atoms with Crippen molar-refractivity contribution in [1.82, 2.24) is 5.32 Å². The molecule has 1 aromatic rings. The van der Waals surface area contributed by atoms with Crippen molar-refractivity contribution in [3.8, 4) is 0 Å². The molecule has 0 saturated carbocycles. The summed E-state index contributed by atoms with van der Waals surface area (Å²) < 4.78 is 27.7. The predicted octanol–water partition coefficient (Wildman–Crippen LogP) is -0.0282. The molecular formula is C16H18N2O6S2. The van der Waals surface area contributed by atoms with E-state index in [0.29, 0.717) is 12.1 Å². The molecule has 2 aliphatic rings. The summed E-state index contributed by atoms with van der Waals surface area (Å²) in [5.74, 6) is -1.27. The molecule has 2 amide bonds. The van der Waals surface area contributed by atoms with Gasteiger partial charge >= 0.3 is 5.97 Å². The molecule has 2 heterocycles. The van der Waals surface area contributed by atoms with E-state index < -0.39 is 34.4 Å². The zero-order chi connectivity index (χ0) is 18.7. The maximum atomic E-state index is 12.1. The van der Waals surface area contributed by atoms with E-state index in [9.17, 15) is 22.8 Å². The summed E-state index contributed by atoms with van der Waals surface area (Å²) in [4.78, 5) is 38.1. The van der Waals surface area contributed by atoms with Gasteiger partial charge in [0.15, 0.2) is 16.4 Å². The van der Waals surface area contributed by atoms with Crippen molar-refractivity contribution in [2.45, 2.75) is 17.4 Å². The molecule has 0 spiro atoms. The third kappa shape index (κ3) is 4.55. The molecule has 0 radical (unpaired) electrons. The van der Waals surface area contributed by atoms with Crippen LogP contribution in [0.5, 0.6) is 0 Å². The minimum absolute atomic E-state index is 0.0478. The average molecular weight is 398 g/mol. The largest absolute Gasteiger partial charge is 0.454 e. The molecule has 1 saturated heterocycles. The van der Waals surface area contributed by atoms with E-state index in [2.05, 4.69) is 5.32 Å². The van der Waals surface area contributed by atoms with Crippen LogP contribution in [0.4, 0.5) is 5.69 Å². The zero-order valence-electron chi connectivity index (χ0n) is 13.8. The summed E-state index contributed by atoms with van der Waals surface area (Å²) >= 11 is 1.41. The third-order valence-corrected chi connectivity index (χ3v) is 6.87. The number of rotatable bonds is 5. The Balaban J connectivity index is 1.50. The van der Waals surface area contributed by atoms with Gasteiger partial charge in [-0.05, 0) is 18.6 Å². The number of carbonyl (C=O) groups is 3. The van der Waals surface area contributed by atoms with Gasteiger partial charge in [-0.3, -0.25) is 19.3 Å². The zero-order valence-corrected chi connectivity index (χ0v) is 15.5. The topological polar surface area (TPSA) is 110 Å². The molecule has 140 valence electrons. The molecule has 0 bridgehead atoms. The van der Waals surface area contributed by atoms with Crippen molar-refractivity contribution in [1.29, 1.82) is 0 Å². The van der Waals surface area contributed by atoms with Gasteiger partial charge in [0.2, 0.25) is 5.91 Å². The number of anilines is 1. The number of hydrogen-bond donors (Lipinski definition) is 1. The summed E-state index contributed by atoms with van der Waals surface area (Å²) in [6.45, 7) is -0.782. The van der Waals surface area contributed by atoms with Crippen LogP contribution >= 0.6 is 11.8 Å². The smallest absolute Gasteiger partial charge is 0.326 e. The van der Waals surface area contributed by atoms with E-state index in [1.165, 1.54) is 16.7 Å². The van der Waals surface area contributed by atoms with E-state index in [0.717, 1.165) is 4.90 Å². The number of para-hydroxylation sites is 1. The fraction of sp³-hybridized carbons (Fsp3) is 0.438. The highest BCUT2D eigenvalue weighted by molar-refractivity contribution is 8.00. The maximum absolute atomic E-state index is 12.1. The first kappa shape index (κ1) is 18.7. The first-order valence-corrected chi connectivity index (χ1v) is 10.8. The van der Waals surface area contributed by atoms with Crippen LogP contribution in [0.3, 0.4) is 0 Å². The van der Waals surface area contributed by atoms with Crippen molar-refractivity contribution in [2.24, 2.45) is 0 Å². The number of benzene rings is 1. The van der Waals surface area contributed by atoms with Crippen LogP contribution in [0, 0.1) is 0 Å². The fourth-order valence-electron chi connectivity index (χ4n) is 2.83. The Labute approximate surface area is 155 Å². The summed E-state index contributed by atoms with van der Waals surface area (Å²) in [5.41, 5.74) is 0.645. The van der Waals surface area contributed by atoms with Crippen LogP contribution in [0.15, 0.2) is 29.2 Å². The van der Waals surface area contributed by atoms with Crippen molar-refractivity contribution < 1.29 is 27.5 Å². The molecule has 1 N–H and O–H groups in total. The molecular weight excluding hydrogens is 380 g/mol. The molecule has 1 aromatic carbocycles. The van der Waals surface area contributed by atoms with Gasteiger partial charge in [0.1, 0.15) is 6.54 Å². The molecule has 0 unspecified atom stereocenters. The predicted molar refractivity (Wildman–Crippen MR) is 95.7 cm³/mol. The van der Waals surface area contributed by atoms with E-state index in [4.69, 9.17) is 4.74 Å². The SMILES string of the molecule is O=C(COC(=O)CN1C(=O)CSc2ccccc21)N[C@H]1CCS(=O)(=O)C1. The summed E-state index contributed by atoms with van der Waals surface area (Å²) in [6.07, 6.45) is 0.360. The number of nitrogens with one attached hydrogen (secondary N) is 1. The van der Waals surface area contributed by atoms with Gasteiger partial charge in [-0.1, -0.05) is 12.1 Å². The van der Waals surface area contributed by atoms with Crippen molar-refractivity contribution in [3.63, 3.8) is 0 Å². The lowest BCUT2D eigenvalue weighted by Crippen LogP contribution is -2.42. The van der Waals surface area contributed by atoms with Gasteiger partial charge in [0, 0.05) is 10.9 Å². The Morgan fingerprint density at radius 3 is 2.81 bits per heavy atom. The number of fused-ring (bicyclic) bond motifs is 1. The number of hydrogen-bond acceptors (Lipinski definition) is 7. The summed E-state index contributed by atoms with van der Waals surface area (Å²) in [6, 6.07) is 6.80. The van der Waals surface area contributed by atoms with E-state index >= 15 is 0 Å². The molecule has 10 heteroatoms. The minimum atomic E-state index is -3.09. The van der Waals surface area contributed by atoms with Gasteiger partial charge in [0.05, 0.1) is 22.9 Å². The monoisotopic (exact) mass is 398 g/mol. The molecule has 0 aliphatic carbocycles. The molecule has 3 rings (SSSR count). The van der Waals surface area contributed by atoms with Crippen LogP contribution in [-0.2, 0) is 29.0 Å². The number of esters is 1. The number of nitrogens with zero attached hydrogens (tertiary/aromatic N) is 1. The van der Waals surface area contributed by atoms with Crippen LogP contribution in [0.25, 0.3) is 0 Å². The van der Waals surface area contributed by atoms with Gasteiger partial charge in [-0.15, -0.1) is 11.8 Å². The molecule has 8 nitrogen and oxygen atoms in total. The summed E-state index contributed by atoms with van der Waals surface area (Å²) in [7, 11) is -3.09. The molecule has 1 atom stereocenters. The third-order valence-electron chi connectivity index (χ3n) is 4.06. The average Bonchev–Trinajstić information content (AvgIpc) is 2.94. The number of ether oxygens (including phenoxy) is 1. The van der Waals surface area contributed by atoms with Crippen LogP contribution in [0.1, 0.15) is 6.42 Å². The van der Waals surface area contributed by atoms with Gasteiger partial charge in [0.25, 0.3) is 5.91 Å². The van der Waals surface area contributed by atoms with Crippen molar-refractivity contribution in [2.75, 3.05) is 35.3 Å². The lowest BCUT2D eigenvalue weighted by atomic mass is 10.2. The van der Waals surface area contributed by atoms with Gasteiger partial charge < -0.3 is 10.1 Å². The van der Waals surface area contributed by atoms with Gasteiger partial charge in [-0.25, -0.2) is 8.42 Å². The fourth-order valence-corrected chi connectivity index (χ4v) is 5.44. The van der Waals surface area contributed by atoms with E-state index in [1.54, 1.807) is 12.1 Å². The summed E-state index contributed by atoms with van der Waals surface area (Å²) in [5, 5.41) is 2.54. The second-order valence-electron chi connectivity index (χ2n) is 6.06. The quantitative estimate of drug-likeness (QED) is 0.694. The Hall–Kier alpha value is -2.07. The standard InChI is InChI=1S/C16H18N2O6S2/c19-14(17-11-5-6-26(22,23)10-11)8-24-16(21)7-18-12-3-1-2-4-13(12)25-9-15(18)20/h1-4,11H,5-10H2,(H,17,19)/t11-/m0/s1. The number of sulfone groups is 1. The lowest BCUT2D eigenvalue weighted by molar-refractivity contribution is -0.147. The highest BCUT2D eigenvalue weighted by atomic mass is 32.2. The Morgan fingerprint density at radius 1 is 1.31 bits per heavy atom. The molecule has 1 fully saturated rings. The minimum Gasteiger partial charge on any atom is -0.454 e. The second kappa shape index (κ2) is 7.67. The number of carbonyl (C=O) groups excluding carboxylic acids is 3. The van der Waals surface area contributed by atoms with E-state index in [1.807, 2.05) is 12.1 Å². The molecule has 2 aliphatic heterocycles. The normalized spacial score (nSPS) is 21.2. The van der Waals surface area contributed by atoms with Crippen LogP contribution < -0.4 is 10.2 Å². The molecule has 26 heavy (non-hydrogen) atoms. The van der Waals surface area contributed by atoms with E-state index in [-0.39, 0.29) is 29.7 Å². The maximum Gasteiger partial charge on any atom is 0.326 e. The number of thioether (sulfide) groups is 1. The van der Waals surface area contributed by atoms with Crippen molar-refractivity contribution in [3.05, 3.63) is 24.3 Å². The highest BCUT2D eigenvalue weighted by Gasteiger charge is 2.30. The van der Waals surface area contributed by atoms with Crippen LogP contribution in [0.2, 0.25) is 0 Å². The van der Waals surface area contributed by atoms with Gasteiger partial charge in [-0.2, -0.15) is 0 Å². The Morgan fingerprint density at radius 2 is 2.08 bits per heavy atom. The molecule has 0 aromatic heterocycles. The first-order chi connectivity index (χ1) is 12.3. The highest BCUT2D eigenvalue weighted by Crippen LogP contribution is 2.34. The first-order valence-electron chi connectivity index (χ1n) is 8.02. The number of amides is 2. The Bertz CT molecular complexity index is 839. The van der Waals surface area contributed by atoms with Crippen LogP contribution in [-0.4, -0.2) is 62.7 Å². The lowest BCUT2D eigenvalue weighted by Gasteiger charge is -2.27. The van der Waals surface area contributed by atoms with Crippen molar-refractivity contribution >= 4 is 45.1 Å². The second-order valence-corrected chi connectivity index (χ2v) is 9.31. The Kier molecular flexibility index (Phi) is 5.52.